The van der Waals surface area contributed by atoms with Crippen molar-refractivity contribution in [1.82, 2.24) is 5.32 Å². The molecule has 9 nitrogen and oxygen atoms in total. The molecule has 5 heterocycles. The van der Waals surface area contributed by atoms with Gasteiger partial charge >= 0.3 is 11.9 Å². The lowest BCUT2D eigenvalue weighted by Crippen LogP contribution is -2.37. The van der Waals surface area contributed by atoms with Gasteiger partial charge in [0.15, 0.2) is 5.41 Å². The standard InChI is InChI=1S/C38H42N4O5/c1-10-22-18(4)25-15-27-20(6)24(13-14-31(43)46-8)34(41-27)33-35-32(36(44)38(33,12-3)37(45)47-9)21(7)28(42-35)17-30-23(11-2)19(5)26(40-30)16-29(22)39-25/h10,15-17,20,24,41,44H,1,11-14H2,2-9H3/t20-,24-,38-/m0/s1. The van der Waals surface area contributed by atoms with Crippen LogP contribution in [0.2, 0.25) is 0 Å². The zero-order chi connectivity index (χ0) is 33.9. The van der Waals surface area contributed by atoms with E-state index in [1.165, 1.54) is 14.2 Å². The fraction of sp³-hybridized carbons (Fsp3) is 0.395. The van der Waals surface area contributed by atoms with Crippen molar-refractivity contribution in [2.75, 3.05) is 14.2 Å². The second-order valence-electron chi connectivity index (χ2n) is 12.7. The van der Waals surface area contributed by atoms with Gasteiger partial charge in [-0.05, 0) is 80.6 Å². The summed E-state index contributed by atoms with van der Waals surface area (Å²) in [4.78, 5) is 41.6. The van der Waals surface area contributed by atoms with E-state index in [1.54, 1.807) is 0 Å². The monoisotopic (exact) mass is 634 g/mol. The minimum atomic E-state index is -1.48. The van der Waals surface area contributed by atoms with Crippen LogP contribution in [0.3, 0.4) is 0 Å². The molecule has 0 aromatic heterocycles. The second kappa shape index (κ2) is 11.8. The average Bonchev–Trinajstić information content (AvgIpc) is 3.79. The molecule has 0 aromatic carbocycles. The zero-order valence-electron chi connectivity index (χ0n) is 28.4. The number of ether oxygens (including phenoxy) is 2. The third kappa shape index (κ3) is 4.61. The van der Waals surface area contributed by atoms with Gasteiger partial charge in [0.2, 0.25) is 0 Å². The molecular formula is C38H42N4O5. The van der Waals surface area contributed by atoms with E-state index in [0.29, 0.717) is 29.0 Å². The number of nitrogens with one attached hydrogen (secondary N) is 1. The lowest BCUT2D eigenvalue weighted by molar-refractivity contribution is -0.149. The van der Waals surface area contributed by atoms with Crippen molar-refractivity contribution in [2.24, 2.45) is 32.2 Å². The third-order valence-corrected chi connectivity index (χ3v) is 10.6. The highest BCUT2D eigenvalue weighted by Gasteiger charge is 2.58. The van der Waals surface area contributed by atoms with E-state index < -0.39 is 11.4 Å². The molecule has 1 fully saturated rings. The highest BCUT2D eigenvalue weighted by molar-refractivity contribution is 6.25. The molecule has 0 aromatic rings. The molecule has 244 valence electrons. The van der Waals surface area contributed by atoms with Gasteiger partial charge in [-0.3, -0.25) is 9.59 Å². The first-order valence-electron chi connectivity index (χ1n) is 16.2. The number of fused-ring (bicyclic) bond motifs is 5. The van der Waals surface area contributed by atoms with Crippen LogP contribution in [0.15, 0.2) is 119 Å². The van der Waals surface area contributed by atoms with Crippen LogP contribution >= 0.6 is 0 Å². The van der Waals surface area contributed by atoms with Gasteiger partial charge in [-0.25, -0.2) is 15.0 Å². The summed E-state index contributed by atoms with van der Waals surface area (Å²) in [7, 11) is 2.72. The normalized spacial score (nSPS) is 26.3. The molecule has 8 bridgehead atoms. The van der Waals surface area contributed by atoms with Crippen molar-refractivity contribution < 1.29 is 24.2 Å². The number of aliphatic hydroxyl groups excluding tert-OH is 1. The van der Waals surface area contributed by atoms with E-state index in [-0.39, 0.29) is 36.4 Å². The Hall–Kier alpha value is -4.79. The maximum absolute atomic E-state index is 13.9. The molecule has 3 atom stereocenters. The minimum absolute atomic E-state index is 0.0705. The predicted molar refractivity (Wildman–Crippen MR) is 184 cm³/mol. The molecule has 1 saturated heterocycles. The Labute approximate surface area is 276 Å². The van der Waals surface area contributed by atoms with Gasteiger partial charge in [-0.15, -0.1) is 0 Å². The Balaban J connectivity index is 1.71. The number of hydrogen-bond donors (Lipinski definition) is 2. The number of rotatable bonds is 7. The number of methoxy groups -OCH3 is 2. The Bertz CT molecular complexity index is 1900. The van der Waals surface area contributed by atoms with Crippen molar-refractivity contribution in [3.63, 3.8) is 0 Å². The smallest absolute Gasteiger partial charge is 0.324 e. The number of esters is 2. The van der Waals surface area contributed by atoms with Crippen molar-refractivity contribution >= 4 is 29.1 Å². The van der Waals surface area contributed by atoms with Crippen LogP contribution in [-0.4, -0.2) is 48.4 Å². The van der Waals surface area contributed by atoms with Gasteiger partial charge in [-0.2, -0.15) is 0 Å². The first-order chi connectivity index (χ1) is 22.5. The molecule has 6 aliphatic rings. The van der Waals surface area contributed by atoms with E-state index in [0.717, 1.165) is 68.5 Å². The number of hydrogen-bond acceptors (Lipinski definition) is 9. The van der Waals surface area contributed by atoms with Gasteiger partial charge < -0.3 is 19.9 Å². The topological polar surface area (TPSA) is 122 Å². The fourth-order valence-corrected chi connectivity index (χ4v) is 7.80. The number of carbonyl (C=O) groups excluding carboxylic acids is 2. The molecule has 47 heavy (non-hydrogen) atoms. The van der Waals surface area contributed by atoms with Gasteiger partial charge in [0.05, 0.1) is 48.4 Å². The lowest BCUT2D eigenvalue weighted by Gasteiger charge is -2.30. The minimum Gasteiger partial charge on any atom is -0.510 e. The molecule has 5 aliphatic heterocycles. The van der Waals surface area contributed by atoms with Crippen LogP contribution in [0.4, 0.5) is 0 Å². The van der Waals surface area contributed by atoms with Crippen molar-refractivity contribution in [1.29, 1.82) is 0 Å². The van der Waals surface area contributed by atoms with E-state index in [4.69, 9.17) is 24.5 Å². The first-order valence-corrected chi connectivity index (χ1v) is 16.2. The summed E-state index contributed by atoms with van der Waals surface area (Å²) in [6.07, 6.45) is 9.52. The summed E-state index contributed by atoms with van der Waals surface area (Å²) in [6, 6.07) is 0. The molecular weight excluding hydrogens is 592 g/mol. The Morgan fingerprint density at radius 3 is 2.34 bits per heavy atom. The quantitative estimate of drug-likeness (QED) is 0.292. The van der Waals surface area contributed by atoms with Crippen molar-refractivity contribution in [3.8, 4) is 0 Å². The van der Waals surface area contributed by atoms with E-state index in [2.05, 4.69) is 32.7 Å². The van der Waals surface area contributed by atoms with Gasteiger partial charge in [0.25, 0.3) is 0 Å². The summed E-state index contributed by atoms with van der Waals surface area (Å²) < 4.78 is 10.4. The van der Waals surface area contributed by atoms with Gasteiger partial charge in [0, 0.05) is 46.4 Å². The molecule has 0 unspecified atom stereocenters. The maximum atomic E-state index is 13.9. The number of aliphatic imine (C=N–C) groups is 3. The molecule has 6 rings (SSSR count). The van der Waals surface area contributed by atoms with Crippen LogP contribution in [0.5, 0.6) is 0 Å². The molecule has 0 saturated carbocycles. The fourth-order valence-electron chi connectivity index (χ4n) is 7.80. The second-order valence-corrected chi connectivity index (χ2v) is 12.7. The Kier molecular flexibility index (Phi) is 8.06. The Morgan fingerprint density at radius 1 is 1.00 bits per heavy atom. The molecule has 0 radical (unpaired) electrons. The highest BCUT2D eigenvalue weighted by atomic mass is 16.5. The zero-order valence-corrected chi connectivity index (χ0v) is 28.4. The summed E-state index contributed by atoms with van der Waals surface area (Å²) >= 11 is 0. The van der Waals surface area contributed by atoms with Crippen LogP contribution < -0.4 is 5.32 Å². The largest absolute Gasteiger partial charge is 0.510 e. The number of allylic oxidation sites excluding steroid dienone is 11. The van der Waals surface area contributed by atoms with Crippen molar-refractivity contribution in [3.05, 3.63) is 104 Å². The van der Waals surface area contributed by atoms with Crippen LogP contribution in [0.1, 0.15) is 67.2 Å². The SMILES string of the molecule is C=CC1=C(C)C2=NC1=CC1=NC(=CC3=C(C)C4=C(O)[C@@](CC)(C(=O)OC)C(=C5NC(=C2)[C@@H](C)[C@@H]5CCC(=O)OC)C4=N3)C(CC)=C1C. The van der Waals surface area contributed by atoms with E-state index in [9.17, 15) is 14.7 Å². The predicted octanol–water partition coefficient (Wildman–Crippen LogP) is 6.98. The van der Waals surface area contributed by atoms with Crippen LogP contribution in [0.25, 0.3) is 0 Å². The summed E-state index contributed by atoms with van der Waals surface area (Å²) in [5.41, 5.74) is 10.5. The summed E-state index contributed by atoms with van der Waals surface area (Å²) in [5, 5.41) is 15.8. The third-order valence-electron chi connectivity index (χ3n) is 10.6. The molecule has 0 amide bonds. The molecule has 2 N–H and O–H groups in total. The first kappa shape index (κ1) is 32.2. The summed E-state index contributed by atoms with van der Waals surface area (Å²) in [6.45, 7) is 16.2. The van der Waals surface area contributed by atoms with Crippen molar-refractivity contribution in [2.45, 2.75) is 67.2 Å². The van der Waals surface area contributed by atoms with Crippen LogP contribution in [-0.2, 0) is 19.1 Å². The van der Waals surface area contributed by atoms with Gasteiger partial charge in [-0.1, -0.05) is 33.4 Å². The molecule has 9 heteroatoms. The average molecular weight is 635 g/mol. The summed E-state index contributed by atoms with van der Waals surface area (Å²) in [5.74, 6) is -1.27. The highest BCUT2D eigenvalue weighted by Crippen LogP contribution is 2.56. The Morgan fingerprint density at radius 2 is 1.70 bits per heavy atom. The molecule has 1 aliphatic carbocycles. The van der Waals surface area contributed by atoms with E-state index >= 15 is 0 Å². The van der Waals surface area contributed by atoms with Gasteiger partial charge in [0.1, 0.15) is 5.76 Å². The number of aliphatic hydroxyl groups is 1. The lowest BCUT2D eigenvalue weighted by atomic mass is 9.75. The number of carbonyl (C=O) groups is 2. The van der Waals surface area contributed by atoms with E-state index in [1.807, 2.05) is 45.1 Å². The number of nitrogens with zero attached hydrogens (tertiary/aromatic N) is 3. The molecule has 0 spiro atoms. The van der Waals surface area contributed by atoms with Crippen LogP contribution in [0, 0.1) is 17.3 Å². The maximum Gasteiger partial charge on any atom is 0.324 e.